The van der Waals surface area contributed by atoms with Gasteiger partial charge >= 0.3 is 0 Å². The van der Waals surface area contributed by atoms with Gasteiger partial charge in [-0.1, -0.05) is 28.1 Å². The van der Waals surface area contributed by atoms with E-state index >= 15 is 0 Å². The Morgan fingerprint density at radius 2 is 2.00 bits per heavy atom. The molecule has 0 saturated heterocycles. The van der Waals surface area contributed by atoms with Crippen molar-refractivity contribution >= 4 is 15.9 Å². The van der Waals surface area contributed by atoms with Crippen LogP contribution in [0.25, 0.3) is 0 Å². The van der Waals surface area contributed by atoms with Crippen LogP contribution in [-0.4, -0.2) is 11.7 Å². The number of hydrogen-bond donors (Lipinski definition) is 1. The van der Waals surface area contributed by atoms with Crippen LogP contribution in [0.2, 0.25) is 0 Å². The lowest BCUT2D eigenvalue weighted by atomic mass is 10.1. The number of hydrogen-bond acceptors (Lipinski definition) is 2. The molecule has 1 unspecified atom stereocenters. The van der Waals surface area contributed by atoms with Gasteiger partial charge in [-0.15, -0.1) is 0 Å². The fourth-order valence-corrected chi connectivity index (χ4v) is 1.84. The van der Waals surface area contributed by atoms with Crippen molar-refractivity contribution in [1.82, 2.24) is 0 Å². The third-order valence-corrected chi connectivity index (χ3v) is 2.95. The van der Waals surface area contributed by atoms with Crippen LogP contribution < -0.4 is 0 Å². The first-order valence-electron chi connectivity index (χ1n) is 5.04. The van der Waals surface area contributed by atoms with E-state index in [0.717, 1.165) is 22.9 Å². The largest absolute Gasteiger partial charge is 0.495 e. The molecule has 1 aliphatic heterocycles. The molecule has 0 spiro atoms. The molecule has 80 valence electrons. The van der Waals surface area contributed by atoms with Gasteiger partial charge in [0.25, 0.3) is 0 Å². The highest BCUT2D eigenvalue weighted by molar-refractivity contribution is 9.10. The number of aliphatic hydroxyl groups excluding tert-OH is 1. The van der Waals surface area contributed by atoms with Crippen LogP contribution in [0.3, 0.4) is 0 Å². The second-order valence-corrected chi connectivity index (χ2v) is 4.47. The van der Waals surface area contributed by atoms with Crippen molar-refractivity contribution < 1.29 is 9.84 Å². The number of halogens is 1. The normalized spacial score (nSPS) is 17.9. The van der Waals surface area contributed by atoms with Gasteiger partial charge in [-0.05, 0) is 36.6 Å². The summed E-state index contributed by atoms with van der Waals surface area (Å²) in [5.41, 5.74) is 0.867. The van der Waals surface area contributed by atoms with Gasteiger partial charge in [0.1, 0.15) is 11.9 Å². The lowest BCUT2D eigenvalue weighted by molar-refractivity contribution is 0.0918. The Labute approximate surface area is 97.7 Å². The minimum Gasteiger partial charge on any atom is -0.495 e. The van der Waals surface area contributed by atoms with E-state index in [-0.39, 0.29) is 0 Å². The summed E-state index contributed by atoms with van der Waals surface area (Å²) in [5, 5.41) is 10.0. The van der Waals surface area contributed by atoms with E-state index in [2.05, 4.69) is 15.9 Å². The van der Waals surface area contributed by atoms with E-state index in [1.807, 2.05) is 30.3 Å². The first-order chi connectivity index (χ1) is 7.27. The Bertz CT molecular complexity index is 356. The van der Waals surface area contributed by atoms with Gasteiger partial charge < -0.3 is 9.84 Å². The number of rotatable bonds is 2. The third-order valence-electron chi connectivity index (χ3n) is 2.42. The smallest absolute Gasteiger partial charge is 0.136 e. The topological polar surface area (TPSA) is 29.5 Å². The monoisotopic (exact) mass is 268 g/mol. The van der Waals surface area contributed by atoms with Gasteiger partial charge in [0.05, 0.1) is 6.61 Å². The van der Waals surface area contributed by atoms with Crippen molar-refractivity contribution in [1.29, 1.82) is 0 Å². The van der Waals surface area contributed by atoms with Crippen molar-refractivity contribution in [2.75, 3.05) is 6.61 Å². The molecule has 2 rings (SSSR count). The van der Waals surface area contributed by atoms with Crippen LogP contribution in [-0.2, 0) is 4.74 Å². The summed E-state index contributed by atoms with van der Waals surface area (Å²) in [5.74, 6) is 0.684. The average molecular weight is 269 g/mol. The van der Waals surface area contributed by atoms with Crippen LogP contribution in [0, 0.1) is 0 Å². The molecular weight excluding hydrogens is 256 g/mol. The molecule has 1 aromatic rings. The Morgan fingerprint density at radius 1 is 1.27 bits per heavy atom. The van der Waals surface area contributed by atoms with Crippen LogP contribution in [0.4, 0.5) is 0 Å². The molecule has 0 aliphatic carbocycles. The van der Waals surface area contributed by atoms with Gasteiger partial charge in [0.15, 0.2) is 0 Å². The number of allylic oxidation sites excluding steroid dienone is 1. The van der Waals surface area contributed by atoms with Gasteiger partial charge in [0.2, 0.25) is 0 Å². The zero-order chi connectivity index (χ0) is 10.7. The molecule has 0 fully saturated rings. The highest BCUT2D eigenvalue weighted by atomic mass is 79.9. The number of benzene rings is 1. The van der Waals surface area contributed by atoms with Crippen LogP contribution in [0.1, 0.15) is 24.5 Å². The molecule has 0 amide bonds. The van der Waals surface area contributed by atoms with E-state index in [1.54, 1.807) is 0 Å². The molecular formula is C12H13BrO2. The van der Waals surface area contributed by atoms with Crippen LogP contribution in [0.15, 0.2) is 40.6 Å². The van der Waals surface area contributed by atoms with E-state index in [0.29, 0.717) is 12.4 Å². The van der Waals surface area contributed by atoms with Crippen LogP contribution >= 0.6 is 15.9 Å². The molecule has 1 heterocycles. The van der Waals surface area contributed by atoms with E-state index < -0.39 is 6.10 Å². The Morgan fingerprint density at radius 3 is 2.60 bits per heavy atom. The fraction of sp³-hybridized carbons (Fsp3) is 0.333. The molecule has 1 atom stereocenters. The lowest BCUT2D eigenvalue weighted by Gasteiger charge is -2.20. The summed E-state index contributed by atoms with van der Waals surface area (Å²) in [6.45, 7) is 0.708. The predicted octanol–water partition coefficient (Wildman–Crippen LogP) is 3.18. The van der Waals surface area contributed by atoms with E-state index in [4.69, 9.17) is 4.74 Å². The summed E-state index contributed by atoms with van der Waals surface area (Å²) in [7, 11) is 0. The lowest BCUT2D eigenvalue weighted by Crippen LogP contribution is -2.09. The highest BCUT2D eigenvalue weighted by Crippen LogP contribution is 2.26. The highest BCUT2D eigenvalue weighted by Gasteiger charge is 2.16. The third kappa shape index (κ3) is 2.61. The zero-order valence-corrected chi connectivity index (χ0v) is 9.90. The molecule has 1 N–H and O–H groups in total. The molecule has 2 nitrogen and oxygen atoms in total. The fourth-order valence-electron chi connectivity index (χ4n) is 1.58. The predicted molar refractivity (Wildman–Crippen MR) is 62.4 cm³/mol. The first-order valence-corrected chi connectivity index (χ1v) is 5.83. The Kier molecular flexibility index (Phi) is 3.44. The Balaban J connectivity index is 2.16. The van der Waals surface area contributed by atoms with Gasteiger partial charge in [-0.25, -0.2) is 0 Å². The first kappa shape index (κ1) is 10.7. The molecule has 15 heavy (non-hydrogen) atoms. The summed E-state index contributed by atoms with van der Waals surface area (Å²) in [6.07, 6.45) is 3.37. The molecule has 1 aromatic carbocycles. The zero-order valence-electron chi connectivity index (χ0n) is 8.32. The SMILES string of the molecule is OC(C1=CCCCO1)c1ccc(Br)cc1. The summed E-state index contributed by atoms with van der Waals surface area (Å²) < 4.78 is 6.43. The molecule has 0 bridgehead atoms. The molecule has 0 aromatic heterocycles. The summed E-state index contributed by atoms with van der Waals surface area (Å²) in [6, 6.07) is 7.63. The second kappa shape index (κ2) is 4.81. The van der Waals surface area contributed by atoms with Crippen molar-refractivity contribution in [3.05, 3.63) is 46.1 Å². The second-order valence-electron chi connectivity index (χ2n) is 3.55. The van der Waals surface area contributed by atoms with Gasteiger partial charge in [-0.2, -0.15) is 0 Å². The van der Waals surface area contributed by atoms with Crippen LogP contribution in [0.5, 0.6) is 0 Å². The van der Waals surface area contributed by atoms with Crippen molar-refractivity contribution in [2.45, 2.75) is 18.9 Å². The maximum Gasteiger partial charge on any atom is 0.136 e. The minimum atomic E-state index is -0.626. The number of aliphatic hydroxyl groups is 1. The van der Waals surface area contributed by atoms with Crippen molar-refractivity contribution in [3.63, 3.8) is 0 Å². The summed E-state index contributed by atoms with van der Waals surface area (Å²) in [4.78, 5) is 0. The van der Waals surface area contributed by atoms with E-state index in [9.17, 15) is 5.11 Å². The molecule has 3 heteroatoms. The van der Waals surface area contributed by atoms with Gasteiger partial charge in [-0.3, -0.25) is 0 Å². The van der Waals surface area contributed by atoms with Gasteiger partial charge in [0, 0.05) is 4.47 Å². The van der Waals surface area contributed by atoms with Crippen molar-refractivity contribution in [3.8, 4) is 0 Å². The van der Waals surface area contributed by atoms with Crippen molar-refractivity contribution in [2.24, 2.45) is 0 Å². The molecule has 1 aliphatic rings. The molecule has 0 radical (unpaired) electrons. The maximum absolute atomic E-state index is 10.0. The summed E-state index contributed by atoms with van der Waals surface area (Å²) >= 11 is 3.36. The average Bonchev–Trinajstić information content (AvgIpc) is 2.30. The maximum atomic E-state index is 10.0. The standard InChI is InChI=1S/C12H13BrO2/c13-10-6-4-9(5-7-10)12(14)11-3-1-2-8-15-11/h3-7,12,14H,1-2,8H2. The van der Waals surface area contributed by atoms with E-state index in [1.165, 1.54) is 0 Å². The quantitative estimate of drug-likeness (QED) is 0.893. The number of ether oxygens (including phenoxy) is 1. The molecule has 0 saturated carbocycles. The Hall–Kier alpha value is -0.800. The minimum absolute atomic E-state index is 0.626.